The van der Waals surface area contributed by atoms with Crippen LogP contribution in [0.5, 0.6) is 0 Å². The number of benzene rings is 8. The van der Waals surface area contributed by atoms with Crippen molar-refractivity contribution in [2.75, 3.05) is 4.90 Å². The minimum atomic E-state index is -0.287. The van der Waals surface area contributed by atoms with Crippen molar-refractivity contribution in [3.63, 3.8) is 0 Å². The summed E-state index contributed by atoms with van der Waals surface area (Å²) in [7, 11) is 0. The van der Waals surface area contributed by atoms with Gasteiger partial charge in [0, 0.05) is 75.5 Å². The molecule has 0 N–H and O–H groups in total. The van der Waals surface area contributed by atoms with Crippen LogP contribution in [0.4, 0.5) is 11.4 Å². The second-order valence-corrected chi connectivity index (χ2v) is 18.2. The van der Waals surface area contributed by atoms with Gasteiger partial charge in [-0.05, 0) is 83.4 Å². The highest BCUT2D eigenvalue weighted by molar-refractivity contribution is 7.26. The smallest absolute Gasteiger partial charge is 0.160 e. The van der Waals surface area contributed by atoms with Crippen molar-refractivity contribution in [1.29, 1.82) is 0 Å². The molecule has 62 heavy (non-hydrogen) atoms. The van der Waals surface area contributed by atoms with E-state index < -0.39 is 0 Å². The van der Waals surface area contributed by atoms with Gasteiger partial charge in [-0.2, -0.15) is 0 Å². The largest absolute Gasteiger partial charge is 0.332 e. The molecule has 0 spiro atoms. The Morgan fingerprint density at radius 1 is 0.516 bits per heavy atom. The first-order valence-electron chi connectivity index (χ1n) is 22.8. The highest BCUT2D eigenvalue weighted by Crippen LogP contribution is 2.63. The van der Waals surface area contributed by atoms with E-state index in [1.807, 2.05) is 30.3 Å². The quantitative estimate of drug-likeness (QED) is 0.177. The highest BCUT2D eigenvalue weighted by Gasteiger charge is 2.47. The summed E-state index contributed by atoms with van der Waals surface area (Å²) in [6, 6.07) is 57.8. The molecule has 12 aromatic rings. The Morgan fingerprint density at radius 3 is 2.05 bits per heavy atom. The molecule has 4 aromatic heterocycles. The number of fused-ring (bicyclic) bond motifs is 16. The van der Waals surface area contributed by atoms with Gasteiger partial charge in [-0.15, -0.1) is 22.7 Å². The summed E-state index contributed by atoms with van der Waals surface area (Å²) in [4.78, 5) is 13.8. The Morgan fingerprint density at radius 2 is 1.19 bits per heavy atom. The van der Waals surface area contributed by atoms with Crippen LogP contribution in [0.15, 0.2) is 194 Å². The molecule has 0 bridgehead atoms. The lowest BCUT2D eigenvalue weighted by molar-refractivity contribution is 0.662. The fourth-order valence-electron chi connectivity index (χ4n) is 10.3. The fraction of sp³-hybridized carbons (Fsp3) is 0.0357. The van der Waals surface area contributed by atoms with Gasteiger partial charge >= 0.3 is 0 Å². The van der Waals surface area contributed by atoms with E-state index in [1.54, 1.807) is 11.3 Å². The summed E-state index contributed by atoms with van der Waals surface area (Å²) < 4.78 is 45.0. The van der Waals surface area contributed by atoms with Crippen LogP contribution in [0.2, 0.25) is 0 Å². The molecule has 0 saturated heterocycles. The SMILES string of the molecule is [2H]c1c([2H])c(N2c3ccccc3C3c4ccccc4-c4c(sc5ccccc45)C32)c([2H])c([2H])c1-c1nc(-c2ccc3c(c2)c2ccccc2n3-c2ccccc2)nc2c1sc1ccccc12. The van der Waals surface area contributed by atoms with Gasteiger partial charge < -0.3 is 9.47 Å². The lowest BCUT2D eigenvalue weighted by atomic mass is 9.77. The zero-order valence-corrected chi connectivity index (χ0v) is 34.6. The summed E-state index contributed by atoms with van der Waals surface area (Å²) in [5, 5.41) is 4.29. The topological polar surface area (TPSA) is 34.0 Å². The Bertz CT molecular complexity index is 4010. The van der Waals surface area contributed by atoms with Crippen LogP contribution < -0.4 is 4.90 Å². The molecule has 4 nitrogen and oxygen atoms in total. The normalized spacial score (nSPS) is 16.3. The third-order valence-electron chi connectivity index (χ3n) is 12.8. The molecule has 1 aliphatic carbocycles. The van der Waals surface area contributed by atoms with Crippen LogP contribution >= 0.6 is 22.7 Å². The number of hydrogen-bond donors (Lipinski definition) is 0. The van der Waals surface area contributed by atoms with E-state index in [0.29, 0.717) is 11.5 Å². The first-order valence-corrected chi connectivity index (χ1v) is 22.5. The van der Waals surface area contributed by atoms with Gasteiger partial charge in [-0.25, -0.2) is 9.97 Å². The Hall–Kier alpha value is -7.38. The van der Waals surface area contributed by atoms with Crippen molar-refractivity contribution in [3.8, 4) is 39.5 Å². The van der Waals surface area contributed by atoms with E-state index in [4.69, 9.17) is 9.97 Å². The molecule has 8 aromatic carbocycles. The van der Waals surface area contributed by atoms with E-state index in [0.717, 1.165) is 69.5 Å². The molecule has 0 amide bonds. The Balaban J connectivity index is 0.994. The first kappa shape index (κ1) is 30.6. The van der Waals surface area contributed by atoms with Crippen LogP contribution in [0, 0.1) is 0 Å². The molecular formula is C56H34N4S2. The lowest BCUT2D eigenvalue weighted by Crippen LogP contribution is -2.25. The molecule has 5 heterocycles. The maximum Gasteiger partial charge on any atom is 0.160 e. The minimum Gasteiger partial charge on any atom is -0.332 e. The third kappa shape index (κ3) is 4.82. The average Bonchev–Trinajstić information content (AvgIpc) is 4.12. The number of para-hydroxylation sites is 3. The summed E-state index contributed by atoms with van der Waals surface area (Å²) in [6.07, 6.45) is 0. The minimum absolute atomic E-state index is 0.0820. The summed E-state index contributed by atoms with van der Waals surface area (Å²) >= 11 is 3.28. The fourth-order valence-corrected chi connectivity index (χ4v) is 12.7. The molecule has 2 aliphatic rings. The maximum absolute atomic E-state index is 9.97. The summed E-state index contributed by atoms with van der Waals surface area (Å²) in [6.45, 7) is 0. The Kier molecular flexibility index (Phi) is 6.45. The van der Waals surface area contributed by atoms with Gasteiger partial charge in [0.15, 0.2) is 5.82 Å². The predicted octanol–water partition coefficient (Wildman–Crippen LogP) is 15.5. The molecule has 2 unspecified atom stereocenters. The summed E-state index contributed by atoms with van der Waals surface area (Å²) in [5.74, 6) is 0.372. The van der Waals surface area contributed by atoms with Crippen molar-refractivity contribution in [2.24, 2.45) is 0 Å². The summed E-state index contributed by atoms with van der Waals surface area (Å²) in [5.41, 5.74) is 11.1. The van der Waals surface area contributed by atoms with Crippen LogP contribution in [-0.4, -0.2) is 14.5 Å². The van der Waals surface area contributed by atoms with Crippen LogP contribution in [0.1, 0.15) is 33.4 Å². The molecule has 0 fully saturated rings. The number of aromatic nitrogens is 3. The predicted molar refractivity (Wildman–Crippen MR) is 261 cm³/mol. The molecule has 14 rings (SSSR count). The van der Waals surface area contributed by atoms with E-state index in [1.165, 1.54) is 38.1 Å². The average molecular weight is 831 g/mol. The van der Waals surface area contributed by atoms with Crippen LogP contribution in [0.3, 0.4) is 0 Å². The van der Waals surface area contributed by atoms with Crippen molar-refractivity contribution in [1.82, 2.24) is 14.5 Å². The number of thiophene rings is 2. The molecule has 1 aliphatic heterocycles. The lowest BCUT2D eigenvalue weighted by Gasteiger charge is -2.35. The molecule has 0 radical (unpaired) electrons. The van der Waals surface area contributed by atoms with Crippen LogP contribution in [-0.2, 0) is 0 Å². The second-order valence-electron chi connectivity index (χ2n) is 16.1. The van der Waals surface area contributed by atoms with Gasteiger partial charge in [0.1, 0.15) is 0 Å². The van der Waals surface area contributed by atoms with Crippen molar-refractivity contribution >= 4 is 86.2 Å². The van der Waals surface area contributed by atoms with E-state index in [2.05, 4.69) is 149 Å². The zero-order valence-electron chi connectivity index (χ0n) is 36.9. The van der Waals surface area contributed by atoms with Gasteiger partial charge in [0.25, 0.3) is 0 Å². The molecule has 290 valence electrons. The molecule has 2 atom stereocenters. The number of hydrogen-bond acceptors (Lipinski definition) is 5. The van der Waals surface area contributed by atoms with E-state index >= 15 is 0 Å². The van der Waals surface area contributed by atoms with Crippen molar-refractivity contribution in [2.45, 2.75) is 12.0 Å². The standard InChI is InChI=1S/C56H34N4S2/c1-2-14-35(15-3-1)59-44-22-10-6-16-37(44)43-32-34(28-31-46(43)59)56-57-51(55-52(58-56)42-21-9-13-25-48(42)62-55)33-26-29-36(30-27-33)60-45-23-11-7-19-40(45)49-38-17-4-5-18-39(38)50-41-20-8-12-24-47(41)61-54(50)53(49)60/h1-32,49,53H/i26D,27D,29D,30D. The molecule has 0 saturated carbocycles. The monoisotopic (exact) mass is 830 g/mol. The Labute approximate surface area is 370 Å². The van der Waals surface area contributed by atoms with Gasteiger partial charge in [0.2, 0.25) is 0 Å². The first-order chi connectivity index (χ1) is 32.4. The second kappa shape index (κ2) is 13.1. The third-order valence-corrected chi connectivity index (χ3v) is 15.2. The van der Waals surface area contributed by atoms with Crippen molar-refractivity contribution < 1.29 is 5.48 Å². The number of nitrogens with zero attached hydrogens (tertiary/aromatic N) is 4. The number of rotatable bonds is 4. The van der Waals surface area contributed by atoms with Gasteiger partial charge in [0.05, 0.1) is 38.5 Å². The molecule has 6 heteroatoms. The van der Waals surface area contributed by atoms with Crippen molar-refractivity contribution in [3.05, 3.63) is 210 Å². The van der Waals surface area contributed by atoms with Crippen LogP contribution in [0.25, 0.3) is 91.7 Å². The van der Waals surface area contributed by atoms with E-state index in [9.17, 15) is 5.48 Å². The van der Waals surface area contributed by atoms with Gasteiger partial charge in [-0.1, -0.05) is 127 Å². The number of anilines is 2. The zero-order chi connectivity index (χ0) is 43.9. The highest BCUT2D eigenvalue weighted by atomic mass is 32.1. The molecular weight excluding hydrogens is 793 g/mol. The van der Waals surface area contributed by atoms with Gasteiger partial charge in [-0.3, -0.25) is 0 Å². The maximum atomic E-state index is 9.97. The van der Waals surface area contributed by atoms with E-state index in [-0.39, 0.29) is 47.4 Å².